The molecule has 0 saturated heterocycles. The van der Waals surface area contributed by atoms with Crippen LogP contribution in [0.1, 0.15) is 17.0 Å². The van der Waals surface area contributed by atoms with Crippen LogP contribution in [0.15, 0.2) is 72.4 Å². The summed E-state index contributed by atoms with van der Waals surface area (Å²) in [5, 5.41) is 13.4. The molecule has 0 aliphatic carbocycles. The Labute approximate surface area is 220 Å². The summed E-state index contributed by atoms with van der Waals surface area (Å²) in [5.74, 6) is 0.602. The number of anilines is 1. The van der Waals surface area contributed by atoms with Crippen molar-refractivity contribution in [2.75, 3.05) is 11.1 Å². The Bertz CT molecular complexity index is 1460. The third-order valence-corrected chi connectivity index (χ3v) is 6.81. The van der Waals surface area contributed by atoms with Gasteiger partial charge in [-0.2, -0.15) is 13.2 Å². The summed E-state index contributed by atoms with van der Waals surface area (Å²) < 4.78 is 46.8. The molecular weight excluding hydrogens is 525 g/mol. The van der Waals surface area contributed by atoms with Crippen molar-refractivity contribution in [3.8, 4) is 5.75 Å². The second-order valence-electron chi connectivity index (χ2n) is 8.03. The molecule has 0 radical (unpaired) electrons. The number of aryl methyl sites for hydroxylation is 1. The van der Waals surface area contributed by atoms with Gasteiger partial charge in [0.05, 0.1) is 22.0 Å². The van der Waals surface area contributed by atoms with Gasteiger partial charge in [-0.3, -0.25) is 9.36 Å². The molecule has 4 rings (SSSR count). The van der Waals surface area contributed by atoms with E-state index in [4.69, 9.17) is 16.3 Å². The van der Waals surface area contributed by atoms with Crippen LogP contribution in [-0.4, -0.2) is 26.4 Å². The zero-order valence-electron chi connectivity index (χ0n) is 19.7. The first-order chi connectivity index (χ1) is 17.7. The summed E-state index contributed by atoms with van der Waals surface area (Å²) in [6.07, 6.45) is -2.88. The molecule has 0 aliphatic rings. The van der Waals surface area contributed by atoms with Crippen molar-refractivity contribution in [2.24, 2.45) is 0 Å². The Balaban J connectivity index is 1.43. The van der Waals surface area contributed by atoms with Gasteiger partial charge < -0.3 is 10.1 Å². The van der Waals surface area contributed by atoms with Crippen molar-refractivity contribution in [3.05, 3.63) is 89.2 Å². The molecule has 37 heavy (non-hydrogen) atoms. The molecule has 0 aliphatic heterocycles. The normalized spacial score (nSPS) is 11.5. The average molecular weight is 547 g/mol. The number of aromatic nitrogens is 3. The Morgan fingerprint density at radius 3 is 2.73 bits per heavy atom. The van der Waals surface area contributed by atoms with Gasteiger partial charge in [-0.1, -0.05) is 59.8 Å². The molecule has 11 heteroatoms. The quantitative estimate of drug-likeness (QED) is 0.182. The number of benzene rings is 3. The van der Waals surface area contributed by atoms with Crippen molar-refractivity contribution in [2.45, 2.75) is 31.4 Å². The van der Waals surface area contributed by atoms with E-state index in [-0.39, 0.29) is 23.1 Å². The number of thioether (sulfide) groups is 1. The smallest absolute Gasteiger partial charge is 0.416 e. The van der Waals surface area contributed by atoms with Crippen LogP contribution in [0.3, 0.4) is 0 Å². The van der Waals surface area contributed by atoms with E-state index in [0.717, 1.165) is 52.0 Å². The molecule has 0 spiro atoms. The Morgan fingerprint density at radius 1 is 1.19 bits per heavy atom. The van der Waals surface area contributed by atoms with Crippen LogP contribution in [0.5, 0.6) is 5.75 Å². The minimum absolute atomic E-state index is 0.00425. The molecule has 4 aromatic rings. The standard InChI is InChI=1S/C26H22ClF3N4O2S/c1-3-12-34-23(14-36-22-11-8-17-6-4-5-7-19(17)16(22)2)32-33-25(34)37-15-24(35)31-21-13-18(26(28,29)30)9-10-20(21)27/h3-11,13H,1,12,14-15H2,2H3,(H,31,35). The fourth-order valence-electron chi connectivity index (χ4n) is 3.66. The summed E-state index contributed by atoms with van der Waals surface area (Å²) in [5.41, 5.74) is -0.0150. The van der Waals surface area contributed by atoms with Crippen LogP contribution in [0.2, 0.25) is 5.02 Å². The van der Waals surface area contributed by atoms with E-state index in [9.17, 15) is 18.0 Å². The van der Waals surface area contributed by atoms with Gasteiger partial charge in [0.2, 0.25) is 5.91 Å². The van der Waals surface area contributed by atoms with Crippen LogP contribution in [-0.2, 0) is 24.1 Å². The van der Waals surface area contributed by atoms with E-state index in [1.54, 1.807) is 10.6 Å². The Kier molecular flexibility index (Phi) is 8.09. The number of halogens is 4. The summed E-state index contributed by atoms with van der Waals surface area (Å²) >= 11 is 7.05. The number of carbonyl (C=O) groups excluding carboxylic acids is 1. The van der Waals surface area contributed by atoms with Crippen LogP contribution in [0.25, 0.3) is 10.8 Å². The highest BCUT2D eigenvalue weighted by atomic mass is 35.5. The molecule has 1 aromatic heterocycles. The van der Waals surface area contributed by atoms with Crippen molar-refractivity contribution < 1.29 is 22.7 Å². The number of amides is 1. The van der Waals surface area contributed by atoms with E-state index < -0.39 is 17.6 Å². The summed E-state index contributed by atoms with van der Waals surface area (Å²) in [4.78, 5) is 12.5. The second-order valence-corrected chi connectivity index (χ2v) is 9.38. The van der Waals surface area contributed by atoms with Gasteiger partial charge >= 0.3 is 6.18 Å². The molecule has 1 N–H and O–H groups in total. The average Bonchev–Trinajstić information content (AvgIpc) is 3.25. The molecular formula is C26H22ClF3N4O2S. The SMILES string of the molecule is C=CCn1c(COc2ccc3ccccc3c2C)nnc1SCC(=O)Nc1cc(C(F)(F)F)ccc1Cl. The van der Waals surface area contributed by atoms with Crippen LogP contribution >= 0.6 is 23.4 Å². The highest BCUT2D eigenvalue weighted by Crippen LogP contribution is 2.34. The zero-order chi connectivity index (χ0) is 26.6. The monoisotopic (exact) mass is 546 g/mol. The number of allylic oxidation sites excluding steroid dienone is 1. The van der Waals surface area contributed by atoms with Gasteiger partial charge in [0, 0.05) is 6.54 Å². The van der Waals surface area contributed by atoms with Crippen molar-refractivity contribution >= 4 is 45.7 Å². The number of nitrogens with one attached hydrogen (secondary N) is 1. The molecule has 6 nitrogen and oxygen atoms in total. The lowest BCUT2D eigenvalue weighted by atomic mass is 10.0. The zero-order valence-corrected chi connectivity index (χ0v) is 21.3. The first-order valence-electron chi connectivity index (χ1n) is 11.1. The summed E-state index contributed by atoms with van der Waals surface area (Å²) in [6.45, 7) is 6.28. The maximum atomic E-state index is 13.0. The summed E-state index contributed by atoms with van der Waals surface area (Å²) in [6, 6.07) is 14.7. The summed E-state index contributed by atoms with van der Waals surface area (Å²) in [7, 11) is 0. The number of nitrogens with zero attached hydrogens (tertiary/aromatic N) is 3. The lowest BCUT2D eigenvalue weighted by molar-refractivity contribution is -0.137. The van der Waals surface area contributed by atoms with Gasteiger partial charge in [-0.15, -0.1) is 16.8 Å². The number of alkyl halides is 3. The number of hydrogen-bond donors (Lipinski definition) is 1. The van der Waals surface area contributed by atoms with Gasteiger partial charge in [0.1, 0.15) is 12.4 Å². The predicted octanol–water partition coefficient (Wildman–Crippen LogP) is 6.91. The third kappa shape index (κ3) is 6.26. The van der Waals surface area contributed by atoms with E-state index in [1.165, 1.54) is 0 Å². The largest absolute Gasteiger partial charge is 0.485 e. The van der Waals surface area contributed by atoms with Crippen molar-refractivity contribution in [3.63, 3.8) is 0 Å². The van der Waals surface area contributed by atoms with Crippen LogP contribution in [0.4, 0.5) is 18.9 Å². The highest BCUT2D eigenvalue weighted by Gasteiger charge is 2.31. The predicted molar refractivity (Wildman–Crippen MR) is 139 cm³/mol. The van der Waals surface area contributed by atoms with Gasteiger partial charge in [0.25, 0.3) is 0 Å². The number of fused-ring (bicyclic) bond motifs is 1. The Morgan fingerprint density at radius 2 is 1.97 bits per heavy atom. The van der Waals surface area contributed by atoms with Crippen LogP contribution in [0, 0.1) is 6.92 Å². The van der Waals surface area contributed by atoms with Crippen molar-refractivity contribution in [1.29, 1.82) is 0 Å². The Hall–Kier alpha value is -3.50. The maximum absolute atomic E-state index is 13.0. The lowest BCUT2D eigenvalue weighted by Gasteiger charge is -2.13. The third-order valence-electron chi connectivity index (χ3n) is 5.51. The molecule has 0 bridgehead atoms. The number of carbonyl (C=O) groups is 1. The van der Waals surface area contributed by atoms with Gasteiger partial charge in [0.15, 0.2) is 11.0 Å². The topological polar surface area (TPSA) is 69.0 Å². The molecule has 0 atom stereocenters. The van der Waals surface area contributed by atoms with Gasteiger partial charge in [-0.05, 0) is 47.5 Å². The molecule has 1 amide bonds. The first-order valence-corrected chi connectivity index (χ1v) is 12.5. The fraction of sp³-hybridized carbons (Fsp3) is 0.192. The maximum Gasteiger partial charge on any atom is 0.416 e. The highest BCUT2D eigenvalue weighted by molar-refractivity contribution is 7.99. The molecule has 0 unspecified atom stereocenters. The molecule has 1 heterocycles. The lowest BCUT2D eigenvalue weighted by Crippen LogP contribution is -2.16. The minimum atomic E-state index is -4.55. The molecule has 192 valence electrons. The molecule has 0 fully saturated rings. The fourth-order valence-corrected chi connectivity index (χ4v) is 4.60. The number of rotatable bonds is 9. The van der Waals surface area contributed by atoms with E-state index in [1.807, 2.05) is 43.3 Å². The van der Waals surface area contributed by atoms with Crippen LogP contribution < -0.4 is 10.1 Å². The minimum Gasteiger partial charge on any atom is -0.485 e. The second kappa shape index (κ2) is 11.3. The van der Waals surface area contributed by atoms with E-state index in [2.05, 4.69) is 22.1 Å². The number of hydrogen-bond acceptors (Lipinski definition) is 5. The van der Waals surface area contributed by atoms with E-state index >= 15 is 0 Å². The van der Waals surface area contributed by atoms with Crippen molar-refractivity contribution in [1.82, 2.24) is 14.8 Å². The molecule has 0 saturated carbocycles. The molecule has 3 aromatic carbocycles. The first kappa shape index (κ1) is 26.6. The van der Waals surface area contributed by atoms with Gasteiger partial charge in [-0.25, -0.2) is 0 Å². The van der Waals surface area contributed by atoms with E-state index in [0.29, 0.717) is 17.5 Å². The number of ether oxygens (including phenoxy) is 1.